The molecule has 0 aromatic heterocycles. The first-order chi connectivity index (χ1) is 16.2. The van der Waals surface area contributed by atoms with Crippen molar-refractivity contribution in [1.82, 2.24) is 5.32 Å². The number of ether oxygens (including phenoxy) is 1. The first kappa shape index (κ1) is 23.0. The van der Waals surface area contributed by atoms with Gasteiger partial charge in [0, 0.05) is 11.6 Å². The topological polar surface area (TPSA) is 105 Å². The molecule has 3 aromatic rings. The number of carbonyl (C=O) groups is 3. The molecule has 0 aliphatic heterocycles. The first-order valence-electron chi connectivity index (χ1n) is 11.0. The zero-order valence-corrected chi connectivity index (χ0v) is 19.2. The van der Waals surface area contributed by atoms with Gasteiger partial charge in [-0.05, 0) is 60.7 Å². The molecule has 174 valence electrons. The molecule has 0 fully saturated rings. The minimum absolute atomic E-state index is 0.0866. The second-order valence-corrected chi connectivity index (χ2v) is 8.81. The van der Waals surface area contributed by atoms with Gasteiger partial charge >= 0.3 is 12.1 Å². The van der Waals surface area contributed by atoms with E-state index in [4.69, 9.17) is 4.74 Å². The molecule has 7 heteroatoms. The molecular formula is C27H26N2O5. The summed E-state index contributed by atoms with van der Waals surface area (Å²) < 4.78 is 5.54. The summed E-state index contributed by atoms with van der Waals surface area (Å²) in [4.78, 5) is 36.8. The van der Waals surface area contributed by atoms with Crippen molar-refractivity contribution in [2.24, 2.45) is 0 Å². The van der Waals surface area contributed by atoms with Gasteiger partial charge in [0.1, 0.15) is 12.1 Å². The van der Waals surface area contributed by atoms with E-state index in [2.05, 4.69) is 22.8 Å². The van der Waals surface area contributed by atoms with Crippen LogP contribution in [0.4, 0.5) is 10.5 Å². The van der Waals surface area contributed by atoms with E-state index < -0.39 is 23.5 Å². The Morgan fingerprint density at radius 1 is 0.912 bits per heavy atom. The summed E-state index contributed by atoms with van der Waals surface area (Å²) in [6.45, 7) is 4.86. The van der Waals surface area contributed by atoms with Crippen LogP contribution in [0.2, 0.25) is 0 Å². The van der Waals surface area contributed by atoms with Crippen LogP contribution in [0.15, 0.2) is 66.7 Å². The smallest absolute Gasteiger partial charge is 0.408 e. The van der Waals surface area contributed by atoms with Gasteiger partial charge < -0.3 is 20.5 Å². The summed E-state index contributed by atoms with van der Waals surface area (Å²) in [6, 6.07) is 20.7. The number of nitrogens with one attached hydrogen (secondary N) is 2. The van der Waals surface area contributed by atoms with E-state index >= 15 is 0 Å². The Bertz CT molecular complexity index is 1240. The Morgan fingerprint density at radius 3 is 2.09 bits per heavy atom. The minimum Gasteiger partial charge on any atom is -0.478 e. The largest absolute Gasteiger partial charge is 0.478 e. The number of alkyl carbamates (subject to hydrolysis) is 1. The molecule has 0 unspecified atom stereocenters. The molecule has 0 spiro atoms. The maximum Gasteiger partial charge on any atom is 0.408 e. The Morgan fingerprint density at radius 2 is 1.50 bits per heavy atom. The van der Waals surface area contributed by atoms with Gasteiger partial charge in [-0.1, -0.05) is 54.6 Å². The lowest BCUT2D eigenvalue weighted by Gasteiger charge is -2.26. The molecular weight excluding hydrogens is 432 g/mol. The average Bonchev–Trinajstić information content (AvgIpc) is 3.12. The van der Waals surface area contributed by atoms with Gasteiger partial charge in [0.2, 0.25) is 5.91 Å². The summed E-state index contributed by atoms with van der Waals surface area (Å²) in [5.41, 5.74) is 4.06. The number of carboxylic acids is 1. The SMILES string of the molecule is Cc1c(NC(=O)C(C)(C)NC(=O)OCC2c3ccccc3-c3ccccc32)cccc1C(=O)O. The second kappa shape index (κ2) is 9.02. The van der Waals surface area contributed by atoms with Crippen molar-refractivity contribution in [3.05, 3.63) is 89.0 Å². The van der Waals surface area contributed by atoms with E-state index in [1.165, 1.54) is 6.07 Å². The molecule has 0 atom stereocenters. The Labute approximate surface area is 197 Å². The highest BCUT2D eigenvalue weighted by Crippen LogP contribution is 2.44. The number of carboxylic acid groups (broad SMARTS) is 1. The number of fused-ring (bicyclic) bond motifs is 3. The molecule has 3 aromatic carbocycles. The lowest BCUT2D eigenvalue weighted by atomic mass is 9.98. The fourth-order valence-corrected chi connectivity index (χ4v) is 4.23. The molecule has 0 saturated carbocycles. The summed E-state index contributed by atoms with van der Waals surface area (Å²) in [5, 5.41) is 14.6. The number of rotatable bonds is 6. The van der Waals surface area contributed by atoms with Crippen molar-refractivity contribution < 1.29 is 24.2 Å². The van der Waals surface area contributed by atoms with Gasteiger partial charge in [-0.3, -0.25) is 4.79 Å². The van der Waals surface area contributed by atoms with Gasteiger partial charge in [-0.25, -0.2) is 9.59 Å². The van der Waals surface area contributed by atoms with E-state index in [9.17, 15) is 19.5 Å². The number of hydrogen-bond acceptors (Lipinski definition) is 4. The molecule has 4 rings (SSSR count). The Hall–Kier alpha value is -4.13. The van der Waals surface area contributed by atoms with Crippen LogP contribution >= 0.6 is 0 Å². The summed E-state index contributed by atoms with van der Waals surface area (Å²) in [6.07, 6.45) is -0.710. The van der Waals surface area contributed by atoms with Gasteiger partial charge in [0.15, 0.2) is 0 Å². The molecule has 7 nitrogen and oxygen atoms in total. The first-order valence-corrected chi connectivity index (χ1v) is 11.0. The maximum atomic E-state index is 12.9. The highest BCUT2D eigenvalue weighted by molar-refractivity contribution is 6.01. The molecule has 34 heavy (non-hydrogen) atoms. The summed E-state index contributed by atoms with van der Waals surface area (Å²) >= 11 is 0. The lowest BCUT2D eigenvalue weighted by Crippen LogP contribution is -2.52. The van der Waals surface area contributed by atoms with E-state index in [-0.39, 0.29) is 18.1 Å². The van der Waals surface area contributed by atoms with Gasteiger partial charge in [-0.15, -0.1) is 0 Å². The number of aromatic carboxylic acids is 1. The van der Waals surface area contributed by atoms with E-state index in [1.54, 1.807) is 32.9 Å². The van der Waals surface area contributed by atoms with Crippen molar-refractivity contribution in [2.45, 2.75) is 32.2 Å². The third kappa shape index (κ3) is 4.37. The van der Waals surface area contributed by atoms with Gasteiger partial charge in [-0.2, -0.15) is 0 Å². The quantitative estimate of drug-likeness (QED) is 0.485. The third-order valence-electron chi connectivity index (χ3n) is 6.14. The number of carbonyl (C=O) groups excluding carboxylic acids is 2. The lowest BCUT2D eigenvalue weighted by molar-refractivity contribution is -0.121. The summed E-state index contributed by atoms with van der Waals surface area (Å²) in [5.74, 6) is -1.66. The van der Waals surface area contributed by atoms with Crippen LogP contribution in [0.3, 0.4) is 0 Å². The standard InChI is InChI=1S/C27H26N2O5/c1-16-17(24(30)31)13-8-14-23(16)28-25(32)27(2,3)29-26(33)34-15-22-20-11-6-4-9-18(20)19-10-5-7-12-21(19)22/h4-14,22H,15H2,1-3H3,(H,28,32)(H,29,33)(H,30,31). The fourth-order valence-electron chi connectivity index (χ4n) is 4.23. The predicted molar refractivity (Wildman–Crippen MR) is 129 cm³/mol. The highest BCUT2D eigenvalue weighted by Gasteiger charge is 2.33. The molecule has 0 heterocycles. The number of hydrogen-bond donors (Lipinski definition) is 3. The summed E-state index contributed by atoms with van der Waals surface area (Å²) in [7, 11) is 0. The van der Waals surface area contributed by atoms with Gasteiger partial charge in [0.05, 0.1) is 5.56 Å². The molecule has 1 aliphatic rings. The molecule has 0 radical (unpaired) electrons. The van der Waals surface area contributed by atoms with Crippen LogP contribution in [0, 0.1) is 6.92 Å². The van der Waals surface area contributed by atoms with Crippen LogP contribution in [0.5, 0.6) is 0 Å². The second-order valence-electron chi connectivity index (χ2n) is 8.81. The Balaban J connectivity index is 1.42. The van der Waals surface area contributed by atoms with Crippen LogP contribution in [-0.4, -0.2) is 35.2 Å². The van der Waals surface area contributed by atoms with Crippen molar-refractivity contribution in [2.75, 3.05) is 11.9 Å². The highest BCUT2D eigenvalue weighted by atomic mass is 16.5. The van der Waals surface area contributed by atoms with Crippen molar-refractivity contribution in [3.8, 4) is 11.1 Å². The van der Waals surface area contributed by atoms with Crippen LogP contribution in [0.25, 0.3) is 11.1 Å². The van der Waals surface area contributed by atoms with Crippen molar-refractivity contribution in [3.63, 3.8) is 0 Å². The van der Waals surface area contributed by atoms with Crippen LogP contribution < -0.4 is 10.6 Å². The van der Waals surface area contributed by atoms with Crippen LogP contribution in [0.1, 0.15) is 46.8 Å². The molecule has 1 aliphatic carbocycles. The number of amides is 2. The third-order valence-corrected chi connectivity index (χ3v) is 6.14. The molecule has 3 N–H and O–H groups in total. The van der Waals surface area contributed by atoms with Gasteiger partial charge in [0.25, 0.3) is 0 Å². The van der Waals surface area contributed by atoms with Crippen molar-refractivity contribution >= 4 is 23.7 Å². The maximum absolute atomic E-state index is 12.9. The normalized spacial score (nSPS) is 12.4. The molecule has 0 saturated heterocycles. The van der Waals surface area contributed by atoms with E-state index in [0.29, 0.717) is 11.3 Å². The van der Waals surface area contributed by atoms with Crippen LogP contribution in [-0.2, 0) is 9.53 Å². The number of benzene rings is 3. The average molecular weight is 459 g/mol. The molecule has 2 amide bonds. The Kier molecular flexibility index (Phi) is 6.11. The zero-order valence-electron chi connectivity index (χ0n) is 19.2. The number of anilines is 1. The van der Waals surface area contributed by atoms with Crippen molar-refractivity contribution in [1.29, 1.82) is 0 Å². The predicted octanol–water partition coefficient (Wildman–Crippen LogP) is 4.95. The molecule has 0 bridgehead atoms. The monoisotopic (exact) mass is 458 g/mol. The fraction of sp³-hybridized carbons (Fsp3) is 0.222. The zero-order chi connectivity index (χ0) is 24.5. The van der Waals surface area contributed by atoms with E-state index in [0.717, 1.165) is 22.3 Å². The van der Waals surface area contributed by atoms with E-state index in [1.807, 2.05) is 36.4 Å². The minimum atomic E-state index is -1.30.